The molecule has 24 heavy (non-hydrogen) atoms. The molecule has 0 aliphatic carbocycles. The van der Waals surface area contributed by atoms with Crippen LogP contribution >= 0.6 is 0 Å². The molecule has 1 atom stereocenters. The van der Waals surface area contributed by atoms with Gasteiger partial charge in [-0.2, -0.15) is 0 Å². The maximum absolute atomic E-state index is 12.1. The molecule has 2 N–H and O–H groups in total. The lowest BCUT2D eigenvalue weighted by atomic mass is 10.2. The normalized spacial score (nSPS) is 12.3. The Balaban J connectivity index is 1.94. The van der Waals surface area contributed by atoms with Gasteiger partial charge in [-0.15, -0.1) is 0 Å². The van der Waals surface area contributed by atoms with Crippen molar-refractivity contribution in [3.8, 4) is 5.75 Å². The fraction of sp³-hybridized carbons (Fsp3) is 0.235. The van der Waals surface area contributed by atoms with E-state index in [9.17, 15) is 13.2 Å². The van der Waals surface area contributed by atoms with Crippen molar-refractivity contribution in [2.75, 3.05) is 16.3 Å². The van der Waals surface area contributed by atoms with Crippen molar-refractivity contribution in [1.82, 2.24) is 0 Å². The molecule has 6 nitrogen and oxygen atoms in total. The molecule has 0 saturated heterocycles. The van der Waals surface area contributed by atoms with E-state index >= 15 is 0 Å². The largest absolute Gasteiger partial charge is 0.481 e. The molecule has 0 aliphatic rings. The van der Waals surface area contributed by atoms with E-state index in [1.807, 2.05) is 31.2 Å². The highest BCUT2D eigenvalue weighted by molar-refractivity contribution is 7.92. The van der Waals surface area contributed by atoms with Gasteiger partial charge in [0.1, 0.15) is 5.75 Å². The van der Waals surface area contributed by atoms with E-state index in [1.165, 1.54) is 0 Å². The van der Waals surface area contributed by atoms with Crippen molar-refractivity contribution < 1.29 is 17.9 Å². The monoisotopic (exact) mass is 348 g/mol. The van der Waals surface area contributed by atoms with E-state index in [4.69, 9.17) is 4.74 Å². The van der Waals surface area contributed by atoms with Crippen LogP contribution < -0.4 is 14.8 Å². The first-order chi connectivity index (χ1) is 11.2. The number of ether oxygens (including phenoxy) is 1. The molecule has 1 unspecified atom stereocenters. The first-order valence-corrected chi connectivity index (χ1v) is 9.24. The summed E-state index contributed by atoms with van der Waals surface area (Å²) in [4.78, 5) is 12.1. The third-order valence-electron chi connectivity index (χ3n) is 3.16. The molecule has 7 heteroatoms. The summed E-state index contributed by atoms with van der Waals surface area (Å²) in [6, 6.07) is 13.8. The van der Waals surface area contributed by atoms with Crippen LogP contribution in [0.2, 0.25) is 0 Å². The summed E-state index contributed by atoms with van der Waals surface area (Å²) in [7, 11) is -3.32. The van der Waals surface area contributed by atoms with Crippen LogP contribution in [0.15, 0.2) is 48.5 Å². The average Bonchev–Trinajstić information content (AvgIpc) is 2.50. The summed E-state index contributed by atoms with van der Waals surface area (Å²) < 4.78 is 30.2. The van der Waals surface area contributed by atoms with Crippen LogP contribution in [0.3, 0.4) is 0 Å². The van der Waals surface area contributed by atoms with E-state index in [0.717, 1.165) is 11.8 Å². The van der Waals surface area contributed by atoms with Gasteiger partial charge in [0.25, 0.3) is 5.91 Å². The minimum absolute atomic E-state index is 0.292. The molecule has 2 rings (SSSR count). The van der Waals surface area contributed by atoms with Gasteiger partial charge in [-0.1, -0.05) is 17.7 Å². The van der Waals surface area contributed by atoms with E-state index in [0.29, 0.717) is 17.1 Å². The van der Waals surface area contributed by atoms with E-state index in [-0.39, 0.29) is 5.91 Å². The first-order valence-electron chi connectivity index (χ1n) is 7.35. The van der Waals surface area contributed by atoms with Gasteiger partial charge < -0.3 is 10.1 Å². The molecular formula is C17H20N2O4S. The van der Waals surface area contributed by atoms with E-state index in [2.05, 4.69) is 10.0 Å². The van der Waals surface area contributed by atoms with Crippen molar-refractivity contribution in [3.05, 3.63) is 54.1 Å². The molecule has 0 bridgehead atoms. The molecule has 2 aromatic carbocycles. The molecule has 0 aromatic heterocycles. The molecule has 0 fully saturated rings. The van der Waals surface area contributed by atoms with Crippen LogP contribution in [0.5, 0.6) is 5.75 Å². The number of hydrogen-bond donors (Lipinski definition) is 2. The van der Waals surface area contributed by atoms with Crippen molar-refractivity contribution in [2.45, 2.75) is 20.0 Å². The Labute approximate surface area is 141 Å². The quantitative estimate of drug-likeness (QED) is 0.841. The molecule has 0 radical (unpaired) electrons. The van der Waals surface area contributed by atoms with E-state index in [1.54, 1.807) is 31.2 Å². The summed E-state index contributed by atoms with van der Waals surface area (Å²) in [5, 5.41) is 2.72. The maximum Gasteiger partial charge on any atom is 0.265 e. The second-order valence-electron chi connectivity index (χ2n) is 5.51. The SMILES string of the molecule is Cc1ccc(OC(C)C(=O)Nc2ccc(NS(C)(=O)=O)cc2)cc1. The third kappa shape index (κ3) is 5.58. The number of anilines is 2. The number of aryl methyl sites for hydroxylation is 1. The van der Waals surface area contributed by atoms with Gasteiger partial charge in [-0.05, 0) is 50.2 Å². The number of sulfonamides is 1. The number of rotatable bonds is 6. The van der Waals surface area contributed by atoms with Crippen LogP contribution in [-0.4, -0.2) is 26.7 Å². The van der Waals surface area contributed by atoms with Gasteiger partial charge in [0, 0.05) is 11.4 Å². The molecule has 1 amide bonds. The predicted molar refractivity (Wildman–Crippen MR) is 94.8 cm³/mol. The van der Waals surface area contributed by atoms with E-state index < -0.39 is 16.1 Å². The topological polar surface area (TPSA) is 84.5 Å². The zero-order valence-corrected chi connectivity index (χ0v) is 14.6. The Bertz CT molecular complexity index is 799. The zero-order valence-electron chi connectivity index (χ0n) is 13.7. The number of carbonyl (C=O) groups excluding carboxylic acids is 1. The summed E-state index contributed by atoms with van der Waals surface area (Å²) in [6.07, 6.45) is 0.411. The Morgan fingerprint density at radius 2 is 1.54 bits per heavy atom. The minimum Gasteiger partial charge on any atom is -0.481 e. The second-order valence-corrected chi connectivity index (χ2v) is 7.26. The minimum atomic E-state index is -3.32. The highest BCUT2D eigenvalue weighted by atomic mass is 32.2. The summed E-state index contributed by atoms with van der Waals surface area (Å²) in [6.45, 7) is 3.64. The van der Waals surface area contributed by atoms with Crippen LogP contribution in [0, 0.1) is 6.92 Å². The van der Waals surface area contributed by atoms with Crippen LogP contribution in [-0.2, 0) is 14.8 Å². The number of nitrogens with one attached hydrogen (secondary N) is 2. The third-order valence-corrected chi connectivity index (χ3v) is 3.77. The number of amides is 1. The number of benzene rings is 2. The summed E-state index contributed by atoms with van der Waals surface area (Å²) >= 11 is 0. The van der Waals surface area contributed by atoms with Crippen molar-refractivity contribution in [1.29, 1.82) is 0 Å². The predicted octanol–water partition coefficient (Wildman–Crippen LogP) is 2.77. The van der Waals surface area contributed by atoms with Gasteiger partial charge in [-0.25, -0.2) is 8.42 Å². The Kier molecular flexibility index (Phi) is 5.46. The standard InChI is InChI=1S/C17H20N2O4S/c1-12-4-10-16(11-5-12)23-13(2)17(20)18-14-6-8-15(9-7-14)19-24(3,21)22/h4-11,13,19H,1-3H3,(H,18,20). The van der Waals surface area contributed by atoms with Crippen molar-refractivity contribution in [2.24, 2.45) is 0 Å². The van der Waals surface area contributed by atoms with Crippen molar-refractivity contribution >= 4 is 27.3 Å². The molecule has 0 heterocycles. The second kappa shape index (κ2) is 7.35. The highest BCUT2D eigenvalue weighted by Gasteiger charge is 2.15. The molecular weight excluding hydrogens is 328 g/mol. The first kappa shape index (κ1) is 17.8. The highest BCUT2D eigenvalue weighted by Crippen LogP contribution is 2.16. The van der Waals surface area contributed by atoms with Crippen molar-refractivity contribution in [3.63, 3.8) is 0 Å². The van der Waals surface area contributed by atoms with Crippen LogP contribution in [0.25, 0.3) is 0 Å². The number of carbonyl (C=O) groups is 1. The molecule has 2 aromatic rings. The van der Waals surface area contributed by atoms with Gasteiger partial charge in [0.2, 0.25) is 10.0 Å². The lowest BCUT2D eigenvalue weighted by Gasteiger charge is -2.15. The lowest BCUT2D eigenvalue weighted by molar-refractivity contribution is -0.122. The fourth-order valence-corrected chi connectivity index (χ4v) is 2.52. The van der Waals surface area contributed by atoms with Gasteiger partial charge >= 0.3 is 0 Å². The Morgan fingerprint density at radius 1 is 1.00 bits per heavy atom. The summed E-state index contributed by atoms with van der Waals surface area (Å²) in [5.74, 6) is 0.329. The molecule has 0 aliphatic heterocycles. The smallest absolute Gasteiger partial charge is 0.265 e. The molecule has 0 saturated carbocycles. The Morgan fingerprint density at radius 3 is 2.08 bits per heavy atom. The van der Waals surface area contributed by atoms with Crippen LogP contribution in [0.1, 0.15) is 12.5 Å². The molecule has 0 spiro atoms. The number of hydrogen-bond acceptors (Lipinski definition) is 4. The molecule has 128 valence electrons. The van der Waals surface area contributed by atoms with Crippen LogP contribution in [0.4, 0.5) is 11.4 Å². The van der Waals surface area contributed by atoms with Gasteiger partial charge in [-0.3, -0.25) is 9.52 Å². The maximum atomic E-state index is 12.1. The van der Waals surface area contributed by atoms with Gasteiger partial charge in [0.05, 0.1) is 6.26 Å². The summed E-state index contributed by atoms with van der Waals surface area (Å²) in [5.41, 5.74) is 2.10. The average molecular weight is 348 g/mol. The lowest BCUT2D eigenvalue weighted by Crippen LogP contribution is -2.30. The van der Waals surface area contributed by atoms with Gasteiger partial charge in [0.15, 0.2) is 6.10 Å². The Hall–Kier alpha value is -2.54. The zero-order chi connectivity index (χ0) is 17.7. The fourth-order valence-electron chi connectivity index (χ4n) is 1.95.